The van der Waals surface area contributed by atoms with Crippen molar-refractivity contribution in [3.63, 3.8) is 0 Å². The van der Waals surface area contributed by atoms with Gasteiger partial charge in [0, 0.05) is 10.9 Å². The molecule has 11 heteroatoms. The topological polar surface area (TPSA) is 105 Å². The van der Waals surface area contributed by atoms with E-state index in [0.717, 1.165) is 17.0 Å². The third-order valence-electron chi connectivity index (χ3n) is 3.02. The van der Waals surface area contributed by atoms with Crippen molar-refractivity contribution in [2.45, 2.75) is 18.6 Å². The Morgan fingerprint density at radius 3 is 2.44 bits per heavy atom. The molecule has 148 valence electrons. The molecule has 27 heavy (non-hydrogen) atoms. The minimum absolute atomic E-state index is 0.173. The number of hydrogen-bond acceptors (Lipinski definition) is 6. The number of aromatic nitrogens is 1. The molecular formula is C16H18F3N3O3S2. The average molecular weight is 421 g/mol. The first-order valence-electron chi connectivity index (χ1n) is 7.51. The molecule has 4 N–H and O–H groups in total. The highest BCUT2D eigenvalue weighted by molar-refractivity contribution is 7.98. The van der Waals surface area contributed by atoms with Gasteiger partial charge in [0.15, 0.2) is 5.13 Å². The maximum absolute atomic E-state index is 11.9. The van der Waals surface area contributed by atoms with Gasteiger partial charge in [-0.2, -0.15) is 24.9 Å². The number of thioether (sulfide) groups is 1. The minimum Gasteiger partial charge on any atom is -0.475 e. The molecular weight excluding hydrogens is 403 g/mol. The zero-order chi connectivity index (χ0) is 20.4. The smallest absolute Gasteiger partial charge is 0.475 e. The third kappa shape index (κ3) is 8.41. The molecule has 0 bridgehead atoms. The van der Waals surface area contributed by atoms with Crippen molar-refractivity contribution < 1.29 is 27.9 Å². The van der Waals surface area contributed by atoms with Crippen molar-refractivity contribution in [3.8, 4) is 11.3 Å². The third-order valence-corrected chi connectivity index (χ3v) is 4.42. The van der Waals surface area contributed by atoms with Gasteiger partial charge in [-0.1, -0.05) is 30.3 Å². The standard InChI is InChI=1S/C14H17N3OS2.C2HF3O2/c1-19-8-7-11(15)13(18)17-14-16-12(9-20-14)10-5-3-2-4-6-10;3-2(4,5)1(6)7/h2-6,9,11H,7-8,15H2,1H3,(H,16,17,18);(H,6,7). The molecule has 0 spiro atoms. The molecule has 1 heterocycles. The predicted molar refractivity (Wildman–Crippen MR) is 101 cm³/mol. The van der Waals surface area contributed by atoms with E-state index in [1.54, 1.807) is 11.8 Å². The lowest BCUT2D eigenvalue weighted by molar-refractivity contribution is -0.192. The van der Waals surface area contributed by atoms with E-state index >= 15 is 0 Å². The molecule has 0 saturated carbocycles. The van der Waals surface area contributed by atoms with Gasteiger partial charge in [0.1, 0.15) is 0 Å². The van der Waals surface area contributed by atoms with Gasteiger partial charge in [-0.15, -0.1) is 11.3 Å². The number of nitrogens with zero attached hydrogens (tertiary/aromatic N) is 1. The van der Waals surface area contributed by atoms with E-state index in [0.29, 0.717) is 11.6 Å². The number of nitrogens with one attached hydrogen (secondary N) is 1. The quantitative estimate of drug-likeness (QED) is 0.660. The number of carboxylic acid groups (broad SMARTS) is 1. The van der Waals surface area contributed by atoms with Gasteiger partial charge in [0.05, 0.1) is 11.7 Å². The first kappa shape index (κ1) is 22.9. The maximum Gasteiger partial charge on any atom is 0.490 e. The molecule has 1 aromatic heterocycles. The molecule has 0 aliphatic heterocycles. The summed E-state index contributed by atoms with van der Waals surface area (Å²) < 4.78 is 31.7. The second kappa shape index (κ2) is 10.9. The number of thiazole rings is 1. The van der Waals surface area contributed by atoms with Crippen LogP contribution in [0.15, 0.2) is 35.7 Å². The maximum atomic E-state index is 11.9. The van der Waals surface area contributed by atoms with Gasteiger partial charge in [0.2, 0.25) is 5.91 Å². The van der Waals surface area contributed by atoms with E-state index in [2.05, 4.69) is 10.3 Å². The van der Waals surface area contributed by atoms with Crippen LogP contribution < -0.4 is 11.1 Å². The van der Waals surface area contributed by atoms with E-state index < -0.39 is 18.2 Å². The molecule has 1 aromatic carbocycles. The first-order valence-corrected chi connectivity index (χ1v) is 9.79. The Balaban J connectivity index is 0.000000445. The van der Waals surface area contributed by atoms with Gasteiger partial charge >= 0.3 is 12.1 Å². The van der Waals surface area contributed by atoms with Crippen LogP contribution in [-0.4, -0.2) is 46.2 Å². The highest BCUT2D eigenvalue weighted by atomic mass is 32.2. The van der Waals surface area contributed by atoms with E-state index in [9.17, 15) is 18.0 Å². The van der Waals surface area contributed by atoms with Crippen LogP contribution >= 0.6 is 23.1 Å². The van der Waals surface area contributed by atoms with Gasteiger partial charge < -0.3 is 16.2 Å². The fourth-order valence-corrected chi connectivity index (χ4v) is 2.86. The lowest BCUT2D eigenvalue weighted by Gasteiger charge is -2.09. The molecule has 0 aliphatic carbocycles. The summed E-state index contributed by atoms with van der Waals surface area (Å²) in [5, 5.41) is 12.4. The van der Waals surface area contributed by atoms with E-state index in [1.165, 1.54) is 11.3 Å². The lowest BCUT2D eigenvalue weighted by atomic mass is 10.2. The SMILES string of the molecule is CSCCC(N)C(=O)Nc1nc(-c2ccccc2)cs1.O=C(O)C(F)(F)F. The summed E-state index contributed by atoms with van der Waals surface area (Å²) in [5.41, 5.74) is 7.72. The number of amides is 1. The summed E-state index contributed by atoms with van der Waals surface area (Å²) in [5.74, 6) is -2.05. The van der Waals surface area contributed by atoms with Crippen molar-refractivity contribution in [1.29, 1.82) is 0 Å². The number of hydrogen-bond donors (Lipinski definition) is 3. The van der Waals surface area contributed by atoms with Crippen LogP contribution in [0.25, 0.3) is 11.3 Å². The number of carbonyl (C=O) groups excluding carboxylic acids is 1. The van der Waals surface area contributed by atoms with Crippen LogP contribution in [0.3, 0.4) is 0 Å². The molecule has 0 saturated heterocycles. The number of rotatable bonds is 6. The summed E-state index contributed by atoms with van der Waals surface area (Å²) in [6.07, 6.45) is -2.42. The molecule has 0 aliphatic rings. The van der Waals surface area contributed by atoms with Crippen molar-refractivity contribution >= 4 is 40.1 Å². The highest BCUT2D eigenvalue weighted by Crippen LogP contribution is 2.24. The largest absolute Gasteiger partial charge is 0.490 e. The van der Waals surface area contributed by atoms with Crippen LogP contribution in [-0.2, 0) is 9.59 Å². The molecule has 2 aromatic rings. The van der Waals surface area contributed by atoms with Crippen LogP contribution in [0.2, 0.25) is 0 Å². The Labute approximate surface area is 162 Å². The molecule has 0 fully saturated rings. The van der Waals surface area contributed by atoms with Crippen LogP contribution in [0, 0.1) is 0 Å². The first-order chi connectivity index (χ1) is 12.6. The molecule has 1 atom stereocenters. The summed E-state index contributed by atoms with van der Waals surface area (Å²) >= 11 is 3.09. The zero-order valence-electron chi connectivity index (χ0n) is 14.2. The van der Waals surface area contributed by atoms with Crippen molar-refractivity contribution in [1.82, 2.24) is 4.98 Å². The fraction of sp³-hybridized carbons (Fsp3) is 0.312. The summed E-state index contributed by atoms with van der Waals surface area (Å²) in [6, 6.07) is 9.39. The Kier molecular flexibility index (Phi) is 9.26. The average Bonchev–Trinajstić information content (AvgIpc) is 3.08. The van der Waals surface area contributed by atoms with Crippen molar-refractivity contribution in [2.24, 2.45) is 5.73 Å². The minimum atomic E-state index is -5.08. The number of aliphatic carboxylic acids is 1. The van der Waals surface area contributed by atoms with E-state index in [-0.39, 0.29) is 5.91 Å². The van der Waals surface area contributed by atoms with Gasteiger partial charge in [0.25, 0.3) is 0 Å². The number of halogens is 3. The number of benzene rings is 1. The fourth-order valence-electron chi connectivity index (χ4n) is 1.65. The number of nitrogens with two attached hydrogens (primary N) is 1. The molecule has 2 rings (SSSR count). The Hall–Kier alpha value is -2.11. The molecule has 0 radical (unpaired) electrons. The number of carboxylic acids is 1. The number of alkyl halides is 3. The Bertz CT molecular complexity index is 739. The van der Waals surface area contributed by atoms with E-state index in [4.69, 9.17) is 15.6 Å². The van der Waals surface area contributed by atoms with Gasteiger partial charge in [-0.25, -0.2) is 9.78 Å². The Morgan fingerprint density at radius 2 is 1.93 bits per heavy atom. The summed E-state index contributed by atoms with van der Waals surface area (Å²) in [7, 11) is 0. The van der Waals surface area contributed by atoms with Crippen LogP contribution in [0.1, 0.15) is 6.42 Å². The molecule has 1 unspecified atom stereocenters. The van der Waals surface area contributed by atoms with Crippen LogP contribution in [0.5, 0.6) is 0 Å². The number of carbonyl (C=O) groups is 2. The molecule has 1 amide bonds. The summed E-state index contributed by atoms with van der Waals surface area (Å²) in [6.45, 7) is 0. The van der Waals surface area contributed by atoms with Crippen molar-refractivity contribution in [2.75, 3.05) is 17.3 Å². The normalized spacial score (nSPS) is 11.9. The van der Waals surface area contributed by atoms with Crippen molar-refractivity contribution in [3.05, 3.63) is 35.7 Å². The van der Waals surface area contributed by atoms with Gasteiger partial charge in [-0.3, -0.25) is 4.79 Å². The molecule has 6 nitrogen and oxygen atoms in total. The zero-order valence-corrected chi connectivity index (χ0v) is 15.8. The number of anilines is 1. The van der Waals surface area contributed by atoms with Gasteiger partial charge in [-0.05, 0) is 18.4 Å². The van der Waals surface area contributed by atoms with Crippen LogP contribution in [0.4, 0.5) is 18.3 Å². The highest BCUT2D eigenvalue weighted by Gasteiger charge is 2.38. The monoisotopic (exact) mass is 421 g/mol. The predicted octanol–water partition coefficient (Wildman–Crippen LogP) is 3.46. The lowest BCUT2D eigenvalue weighted by Crippen LogP contribution is -2.36. The second-order valence-electron chi connectivity index (χ2n) is 5.08. The second-order valence-corrected chi connectivity index (χ2v) is 6.93. The van der Waals surface area contributed by atoms with E-state index in [1.807, 2.05) is 42.0 Å². The summed E-state index contributed by atoms with van der Waals surface area (Å²) in [4.78, 5) is 25.2. The Morgan fingerprint density at radius 1 is 1.33 bits per heavy atom.